The molecule has 0 rings (SSSR count). The summed E-state index contributed by atoms with van der Waals surface area (Å²) in [5, 5.41) is 2.30. The lowest BCUT2D eigenvalue weighted by molar-refractivity contribution is -0.140. The molecule has 0 radical (unpaired) electrons. The molecule has 0 aliphatic heterocycles. The molecule has 0 aromatic carbocycles. The zero-order valence-electron chi connectivity index (χ0n) is 7.55. The second-order valence-corrected chi connectivity index (χ2v) is 2.06. The number of ether oxygens (including phenoxy) is 1. The first-order valence-electron chi connectivity index (χ1n) is 3.87. The summed E-state index contributed by atoms with van der Waals surface area (Å²) in [5.74, 6) is -0.444. The predicted molar refractivity (Wildman–Crippen MR) is 44.5 cm³/mol. The maximum Gasteiger partial charge on any atom is 0.355 e. The van der Waals surface area contributed by atoms with Crippen molar-refractivity contribution < 1.29 is 19.1 Å². The molecule has 1 amide bonds. The summed E-state index contributed by atoms with van der Waals surface area (Å²) in [6.07, 6.45) is 0. The van der Waals surface area contributed by atoms with Crippen LogP contribution in [-0.4, -0.2) is 31.0 Å². The van der Waals surface area contributed by atoms with Gasteiger partial charge in [-0.25, -0.2) is 9.59 Å². The number of hydrogen-bond acceptors (Lipinski definition) is 4. The Bertz CT molecular complexity index is 233. The molecule has 0 spiro atoms. The van der Waals surface area contributed by atoms with Crippen LogP contribution < -0.4 is 5.32 Å². The Labute approximate surface area is 75.8 Å². The zero-order chi connectivity index (χ0) is 10.3. The van der Waals surface area contributed by atoms with E-state index in [4.69, 9.17) is 0 Å². The molecule has 0 heterocycles. The van der Waals surface area contributed by atoms with Crippen molar-refractivity contribution in [2.75, 3.05) is 13.2 Å². The average molecular weight is 185 g/mol. The van der Waals surface area contributed by atoms with Crippen molar-refractivity contribution >= 4 is 17.8 Å². The molecule has 0 aromatic rings. The Balaban J connectivity index is 4.44. The number of carbonyl (C=O) groups is 2. The summed E-state index contributed by atoms with van der Waals surface area (Å²) in [6, 6.07) is 0. The van der Waals surface area contributed by atoms with Gasteiger partial charge in [-0.15, -0.1) is 0 Å². The number of amides is 1. The fraction of sp³-hybridized carbons (Fsp3) is 0.500. The summed E-state index contributed by atoms with van der Waals surface area (Å²) < 4.78 is 4.46. The molecule has 0 saturated heterocycles. The lowest BCUT2D eigenvalue weighted by Crippen LogP contribution is -2.29. The largest absolute Gasteiger partial charge is 0.462 e. The molecule has 0 aliphatic carbocycles. The molecule has 0 atom stereocenters. The first-order valence-corrected chi connectivity index (χ1v) is 3.87. The zero-order valence-corrected chi connectivity index (χ0v) is 7.55. The summed E-state index contributed by atoms with van der Waals surface area (Å²) in [7, 11) is 0. The fourth-order valence-electron chi connectivity index (χ4n) is 0.633. The van der Waals surface area contributed by atoms with Gasteiger partial charge in [0.15, 0.2) is 0 Å². The summed E-state index contributed by atoms with van der Waals surface area (Å²) in [4.78, 5) is 32.1. The van der Waals surface area contributed by atoms with Gasteiger partial charge in [0.2, 0.25) is 5.57 Å². The summed E-state index contributed by atoms with van der Waals surface area (Å²) in [5.41, 5.74) is -0.622. The van der Waals surface area contributed by atoms with Crippen molar-refractivity contribution in [2.45, 2.75) is 13.8 Å². The van der Waals surface area contributed by atoms with Crippen LogP contribution in [0.2, 0.25) is 0 Å². The van der Waals surface area contributed by atoms with Gasteiger partial charge < -0.3 is 10.1 Å². The Hall–Kier alpha value is -1.61. The standard InChI is InChI=1S/C8H11NO4/c1-3-9-7(11)6(5-10)8(12)13-4-2/h3-4H2,1-2H3,(H,9,11). The normalized spacial score (nSPS) is 8.46. The van der Waals surface area contributed by atoms with Crippen LogP contribution in [0.3, 0.4) is 0 Å². The van der Waals surface area contributed by atoms with Gasteiger partial charge in [0, 0.05) is 6.54 Å². The van der Waals surface area contributed by atoms with Crippen molar-refractivity contribution in [2.24, 2.45) is 0 Å². The minimum absolute atomic E-state index is 0.115. The molecule has 0 aromatic heterocycles. The van der Waals surface area contributed by atoms with Crippen molar-refractivity contribution in [1.82, 2.24) is 5.32 Å². The average Bonchev–Trinajstić information content (AvgIpc) is 2.06. The molecule has 0 bridgehead atoms. The first kappa shape index (κ1) is 11.4. The van der Waals surface area contributed by atoms with Crippen LogP contribution in [0.15, 0.2) is 5.57 Å². The van der Waals surface area contributed by atoms with Crippen molar-refractivity contribution in [3.8, 4) is 0 Å². The van der Waals surface area contributed by atoms with E-state index in [1.807, 2.05) is 0 Å². The van der Waals surface area contributed by atoms with Gasteiger partial charge >= 0.3 is 5.97 Å². The number of esters is 1. The molecule has 0 aliphatic rings. The van der Waals surface area contributed by atoms with E-state index >= 15 is 0 Å². The van der Waals surface area contributed by atoms with Gasteiger partial charge in [-0.3, -0.25) is 4.79 Å². The van der Waals surface area contributed by atoms with Crippen LogP contribution in [-0.2, 0) is 19.1 Å². The van der Waals surface area contributed by atoms with E-state index in [0.717, 1.165) is 0 Å². The second-order valence-electron chi connectivity index (χ2n) is 2.06. The van der Waals surface area contributed by atoms with Gasteiger partial charge in [-0.2, -0.15) is 0 Å². The molecular weight excluding hydrogens is 174 g/mol. The Kier molecular flexibility index (Phi) is 5.23. The van der Waals surface area contributed by atoms with E-state index in [1.54, 1.807) is 13.8 Å². The highest BCUT2D eigenvalue weighted by Crippen LogP contribution is 1.93. The van der Waals surface area contributed by atoms with E-state index in [9.17, 15) is 14.4 Å². The van der Waals surface area contributed by atoms with Crippen molar-refractivity contribution in [3.63, 3.8) is 0 Å². The maximum absolute atomic E-state index is 11.0. The number of likely N-dealkylation sites (N-methyl/N-ethyl adjacent to an activating group) is 1. The van der Waals surface area contributed by atoms with E-state index < -0.39 is 17.4 Å². The van der Waals surface area contributed by atoms with Crippen LogP contribution in [0, 0.1) is 0 Å². The lowest BCUT2D eigenvalue weighted by Gasteiger charge is -2.02. The molecule has 0 fully saturated rings. The summed E-state index contributed by atoms with van der Waals surface area (Å²) in [6.45, 7) is 3.70. The van der Waals surface area contributed by atoms with Gasteiger partial charge in [-0.1, -0.05) is 0 Å². The SMILES string of the molecule is CCNC(=O)C(=C=O)C(=O)OCC. The number of rotatable bonds is 4. The van der Waals surface area contributed by atoms with Crippen molar-refractivity contribution in [1.29, 1.82) is 0 Å². The first-order chi connectivity index (χ1) is 6.17. The van der Waals surface area contributed by atoms with Crippen LogP contribution in [0.1, 0.15) is 13.8 Å². The van der Waals surface area contributed by atoms with Crippen LogP contribution in [0.4, 0.5) is 0 Å². The van der Waals surface area contributed by atoms with Crippen LogP contribution in [0.5, 0.6) is 0 Å². The molecule has 0 unspecified atom stereocenters. The number of hydrogen-bond donors (Lipinski definition) is 1. The molecule has 5 nitrogen and oxygen atoms in total. The third-order valence-corrected chi connectivity index (χ3v) is 1.15. The third kappa shape index (κ3) is 3.53. The highest BCUT2D eigenvalue weighted by Gasteiger charge is 2.19. The van der Waals surface area contributed by atoms with Gasteiger partial charge in [0.25, 0.3) is 5.91 Å². The van der Waals surface area contributed by atoms with Gasteiger partial charge in [-0.05, 0) is 13.8 Å². The van der Waals surface area contributed by atoms with E-state index in [0.29, 0.717) is 6.54 Å². The van der Waals surface area contributed by atoms with Gasteiger partial charge in [0.1, 0.15) is 5.94 Å². The van der Waals surface area contributed by atoms with Crippen LogP contribution in [0.25, 0.3) is 0 Å². The maximum atomic E-state index is 11.0. The predicted octanol–water partition coefficient (Wildman–Crippen LogP) is -0.556. The quantitative estimate of drug-likeness (QED) is 0.209. The second kappa shape index (κ2) is 5.97. The van der Waals surface area contributed by atoms with E-state index in [-0.39, 0.29) is 6.61 Å². The Morgan fingerprint density at radius 3 is 2.38 bits per heavy atom. The summed E-state index contributed by atoms with van der Waals surface area (Å²) >= 11 is 0. The smallest absolute Gasteiger partial charge is 0.355 e. The highest BCUT2D eigenvalue weighted by atomic mass is 16.5. The molecule has 72 valence electrons. The lowest BCUT2D eigenvalue weighted by atomic mass is 10.3. The molecule has 0 saturated carbocycles. The fourth-order valence-corrected chi connectivity index (χ4v) is 0.633. The highest BCUT2D eigenvalue weighted by molar-refractivity contribution is 6.22. The minimum atomic E-state index is -0.941. The molecule has 1 N–H and O–H groups in total. The monoisotopic (exact) mass is 185 g/mol. The van der Waals surface area contributed by atoms with Crippen molar-refractivity contribution in [3.05, 3.63) is 5.57 Å². The number of nitrogens with one attached hydrogen (secondary N) is 1. The van der Waals surface area contributed by atoms with Gasteiger partial charge in [0.05, 0.1) is 6.61 Å². The van der Waals surface area contributed by atoms with Crippen LogP contribution >= 0.6 is 0 Å². The third-order valence-electron chi connectivity index (χ3n) is 1.15. The molecule has 13 heavy (non-hydrogen) atoms. The van der Waals surface area contributed by atoms with E-state index in [1.165, 1.54) is 5.94 Å². The Morgan fingerprint density at radius 1 is 1.38 bits per heavy atom. The number of carbonyl (C=O) groups excluding carboxylic acids is 3. The Morgan fingerprint density at radius 2 is 2.00 bits per heavy atom. The topological polar surface area (TPSA) is 72.5 Å². The molecular formula is C8H11NO4. The molecule has 5 heteroatoms. The van der Waals surface area contributed by atoms with E-state index in [2.05, 4.69) is 10.1 Å². The minimum Gasteiger partial charge on any atom is -0.462 e.